The molecule has 3 heterocycles. The third kappa shape index (κ3) is 4.40. The Morgan fingerprint density at radius 1 is 1.07 bits per heavy atom. The van der Waals surface area contributed by atoms with E-state index in [1.807, 2.05) is 36.4 Å². The van der Waals surface area contributed by atoms with E-state index in [0.29, 0.717) is 12.4 Å². The Morgan fingerprint density at radius 3 is 2.48 bits per heavy atom. The van der Waals surface area contributed by atoms with Crippen molar-refractivity contribution in [3.05, 3.63) is 36.4 Å². The molecule has 0 aliphatic carbocycles. The lowest BCUT2D eigenvalue weighted by atomic mass is 9.99. The first kappa shape index (κ1) is 18.2. The molecule has 2 fully saturated rings. The van der Waals surface area contributed by atoms with E-state index in [1.54, 1.807) is 0 Å². The Balaban J connectivity index is 1.64. The average molecular weight is 387 g/mol. The number of hydrogen-bond acceptors (Lipinski definition) is 6. The summed E-state index contributed by atoms with van der Waals surface area (Å²) >= 11 is 0. The van der Waals surface area contributed by atoms with Crippen molar-refractivity contribution in [1.82, 2.24) is 9.97 Å². The molecule has 2 aliphatic rings. The Bertz CT molecular complexity index is 893. The highest BCUT2D eigenvalue weighted by atomic mass is 32.2. The van der Waals surface area contributed by atoms with Crippen LogP contribution in [0.4, 0.5) is 11.8 Å². The lowest BCUT2D eigenvalue weighted by Gasteiger charge is -2.31. The first-order valence-electron chi connectivity index (χ1n) is 9.65. The number of anilines is 2. The summed E-state index contributed by atoms with van der Waals surface area (Å²) in [6.45, 7) is 4.27. The van der Waals surface area contributed by atoms with Crippen molar-refractivity contribution >= 4 is 21.6 Å². The minimum absolute atomic E-state index is 0.116. The fourth-order valence-corrected chi connectivity index (χ4v) is 5.42. The zero-order valence-electron chi connectivity index (χ0n) is 15.6. The molecule has 1 aromatic carbocycles. The molecule has 27 heavy (non-hydrogen) atoms. The van der Waals surface area contributed by atoms with Crippen LogP contribution in [0.2, 0.25) is 0 Å². The molecular formula is C20H26N4O2S. The van der Waals surface area contributed by atoms with Crippen molar-refractivity contribution in [2.75, 3.05) is 34.8 Å². The van der Waals surface area contributed by atoms with E-state index in [-0.39, 0.29) is 17.5 Å². The summed E-state index contributed by atoms with van der Waals surface area (Å²) in [6, 6.07) is 12.0. The van der Waals surface area contributed by atoms with Crippen molar-refractivity contribution in [2.45, 2.75) is 32.2 Å². The molecule has 0 bridgehead atoms. The minimum Gasteiger partial charge on any atom is -0.356 e. The largest absolute Gasteiger partial charge is 0.356 e. The van der Waals surface area contributed by atoms with Gasteiger partial charge in [0, 0.05) is 30.8 Å². The van der Waals surface area contributed by atoms with Gasteiger partial charge in [0.2, 0.25) is 5.95 Å². The minimum atomic E-state index is -2.94. The van der Waals surface area contributed by atoms with Gasteiger partial charge in [-0.1, -0.05) is 37.3 Å². The van der Waals surface area contributed by atoms with Gasteiger partial charge in [-0.25, -0.2) is 13.4 Å². The molecule has 6 nitrogen and oxygen atoms in total. The fraction of sp³-hybridized carbons (Fsp3) is 0.500. The first-order chi connectivity index (χ1) is 13.0. The van der Waals surface area contributed by atoms with Gasteiger partial charge in [-0.05, 0) is 25.2 Å². The Kier molecular flexibility index (Phi) is 5.04. The van der Waals surface area contributed by atoms with Crippen molar-refractivity contribution in [1.29, 1.82) is 0 Å². The number of hydrogen-bond donors (Lipinski definition) is 1. The quantitative estimate of drug-likeness (QED) is 0.871. The van der Waals surface area contributed by atoms with Crippen LogP contribution in [0.5, 0.6) is 0 Å². The number of benzene rings is 1. The second-order valence-corrected chi connectivity index (χ2v) is 9.94. The second kappa shape index (κ2) is 7.46. The molecule has 1 N–H and O–H groups in total. The van der Waals surface area contributed by atoms with E-state index < -0.39 is 9.84 Å². The zero-order valence-corrected chi connectivity index (χ0v) is 16.5. The highest BCUT2D eigenvalue weighted by molar-refractivity contribution is 7.91. The maximum absolute atomic E-state index is 11.8. The molecule has 1 aromatic heterocycles. The van der Waals surface area contributed by atoms with Crippen LogP contribution in [0.25, 0.3) is 11.3 Å². The Hall–Kier alpha value is -2.15. The monoisotopic (exact) mass is 386 g/mol. The van der Waals surface area contributed by atoms with Gasteiger partial charge < -0.3 is 10.2 Å². The van der Waals surface area contributed by atoms with Crippen LogP contribution in [-0.2, 0) is 9.84 Å². The van der Waals surface area contributed by atoms with Gasteiger partial charge in [0.1, 0.15) is 5.82 Å². The number of nitrogens with zero attached hydrogens (tertiary/aromatic N) is 3. The van der Waals surface area contributed by atoms with Crippen molar-refractivity contribution in [3.63, 3.8) is 0 Å². The van der Waals surface area contributed by atoms with Gasteiger partial charge in [-0.15, -0.1) is 0 Å². The van der Waals surface area contributed by atoms with Crippen LogP contribution in [0.15, 0.2) is 36.4 Å². The maximum atomic E-state index is 11.8. The van der Waals surface area contributed by atoms with E-state index in [4.69, 9.17) is 4.98 Å². The SMILES string of the molecule is CC1CCN(c2cc(-c3ccccc3)nc(NC3CCS(=O)(=O)C3)n2)CC1. The highest BCUT2D eigenvalue weighted by Gasteiger charge is 2.28. The second-order valence-electron chi connectivity index (χ2n) is 7.71. The molecule has 4 rings (SSSR count). The van der Waals surface area contributed by atoms with E-state index >= 15 is 0 Å². The average Bonchev–Trinajstić information content (AvgIpc) is 3.01. The number of nitrogens with one attached hydrogen (secondary N) is 1. The molecule has 2 saturated heterocycles. The fourth-order valence-electron chi connectivity index (χ4n) is 3.75. The standard InChI is InChI=1S/C20H26N4O2S/c1-15-7-10-24(11-8-15)19-13-18(16-5-3-2-4-6-16)22-20(23-19)21-17-9-12-27(25,26)14-17/h2-6,13,15,17H,7-12,14H2,1H3,(H,21,22,23). The molecule has 2 aliphatic heterocycles. The summed E-state index contributed by atoms with van der Waals surface area (Å²) < 4.78 is 23.6. The summed E-state index contributed by atoms with van der Waals surface area (Å²) in [5, 5.41) is 3.27. The summed E-state index contributed by atoms with van der Waals surface area (Å²) in [5.74, 6) is 2.58. The number of aromatic nitrogens is 2. The summed E-state index contributed by atoms with van der Waals surface area (Å²) in [5.41, 5.74) is 1.90. The van der Waals surface area contributed by atoms with Crippen LogP contribution >= 0.6 is 0 Å². The van der Waals surface area contributed by atoms with E-state index in [2.05, 4.69) is 22.1 Å². The third-order valence-electron chi connectivity index (χ3n) is 5.46. The summed E-state index contributed by atoms with van der Waals surface area (Å²) in [6.07, 6.45) is 2.93. The van der Waals surface area contributed by atoms with E-state index in [9.17, 15) is 8.42 Å². The zero-order chi connectivity index (χ0) is 18.9. The molecule has 7 heteroatoms. The number of rotatable bonds is 4. The molecule has 0 saturated carbocycles. The van der Waals surface area contributed by atoms with Crippen LogP contribution < -0.4 is 10.2 Å². The molecular weight excluding hydrogens is 360 g/mol. The summed E-state index contributed by atoms with van der Waals surface area (Å²) in [4.78, 5) is 11.7. The van der Waals surface area contributed by atoms with Crippen LogP contribution in [0.1, 0.15) is 26.2 Å². The number of piperidine rings is 1. The normalized spacial score (nSPS) is 22.7. The predicted molar refractivity (Wildman–Crippen MR) is 109 cm³/mol. The van der Waals surface area contributed by atoms with Crippen molar-refractivity contribution in [2.24, 2.45) is 5.92 Å². The molecule has 2 aromatic rings. The van der Waals surface area contributed by atoms with E-state index in [0.717, 1.165) is 48.9 Å². The van der Waals surface area contributed by atoms with Crippen LogP contribution in [-0.4, -0.2) is 49.0 Å². The third-order valence-corrected chi connectivity index (χ3v) is 7.22. The Morgan fingerprint density at radius 2 is 1.81 bits per heavy atom. The molecule has 0 spiro atoms. The summed E-state index contributed by atoms with van der Waals surface area (Å²) in [7, 11) is -2.94. The van der Waals surface area contributed by atoms with Crippen LogP contribution in [0.3, 0.4) is 0 Å². The molecule has 0 amide bonds. The smallest absolute Gasteiger partial charge is 0.225 e. The first-order valence-corrected chi connectivity index (χ1v) is 11.5. The van der Waals surface area contributed by atoms with Gasteiger partial charge in [-0.2, -0.15) is 4.98 Å². The highest BCUT2D eigenvalue weighted by Crippen LogP contribution is 2.27. The lowest BCUT2D eigenvalue weighted by Crippen LogP contribution is -2.33. The van der Waals surface area contributed by atoms with Crippen molar-refractivity contribution < 1.29 is 8.42 Å². The lowest BCUT2D eigenvalue weighted by molar-refractivity contribution is 0.436. The topological polar surface area (TPSA) is 75.2 Å². The Labute approximate surface area is 161 Å². The molecule has 0 radical (unpaired) electrons. The van der Waals surface area contributed by atoms with Gasteiger partial charge in [-0.3, -0.25) is 0 Å². The predicted octanol–water partition coefficient (Wildman–Crippen LogP) is 2.98. The van der Waals surface area contributed by atoms with E-state index in [1.165, 1.54) is 0 Å². The van der Waals surface area contributed by atoms with Crippen molar-refractivity contribution in [3.8, 4) is 11.3 Å². The van der Waals surface area contributed by atoms with Crippen LogP contribution in [0, 0.1) is 5.92 Å². The molecule has 1 unspecified atom stereocenters. The molecule has 144 valence electrons. The van der Waals surface area contributed by atoms with Gasteiger partial charge >= 0.3 is 0 Å². The van der Waals surface area contributed by atoms with Gasteiger partial charge in [0.25, 0.3) is 0 Å². The number of sulfone groups is 1. The van der Waals surface area contributed by atoms with Gasteiger partial charge in [0.15, 0.2) is 9.84 Å². The molecule has 1 atom stereocenters. The maximum Gasteiger partial charge on any atom is 0.225 e. The van der Waals surface area contributed by atoms with Gasteiger partial charge in [0.05, 0.1) is 17.2 Å².